The highest BCUT2D eigenvalue weighted by Crippen LogP contribution is 2.13. The second kappa shape index (κ2) is 13.2. The molecule has 27 heavy (non-hydrogen) atoms. The Bertz CT molecular complexity index is 731. The summed E-state index contributed by atoms with van der Waals surface area (Å²) in [6.45, 7) is 14.7. The highest BCUT2D eigenvalue weighted by molar-refractivity contribution is 5.48. The summed E-state index contributed by atoms with van der Waals surface area (Å²) < 4.78 is 10.9. The van der Waals surface area contributed by atoms with Crippen LogP contribution in [0.1, 0.15) is 31.9 Å². The van der Waals surface area contributed by atoms with E-state index in [1.54, 1.807) is 0 Å². The molecule has 2 aromatic carbocycles. The van der Waals surface area contributed by atoms with Gasteiger partial charge in [0.05, 0.1) is 0 Å². The minimum Gasteiger partial charge on any atom is -0.490 e. The van der Waals surface area contributed by atoms with E-state index in [0.717, 1.165) is 22.6 Å². The first-order valence-corrected chi connectivity index (χ1v) is 9.04. The molecular formula is C25H30O2. The highest BCUT2D eigenvalue weighted by Gasteiger charge is 1.91. The van der Waals surface area contributed by atoms with Gasteiger partial charge in [-0.25, -0.2) is 0 Å². The van der Waals surface area contributed by atoms with Crippen LogP contribution in [0.3, 0.4) is 0 Å². The Morgan fingerprint density at radius 1 is 0.778 bits per heavy atom. The van der Waals surface area contributed by atoms with Gasteiger partial charge in [0.2, 0.25) is 0 Å². The maximum Gasteiger partial charge on any atom is 0.119 e. The summed E-state index contributed by atoms with van der Waals surface area (Å²) in [4.78, 5) is 0. The van der Waals surface area contributed by atoms with E-state index >= 15 is 0 Å². The van der Waals surface area contributed by atoms with Gasteiger partial charge in [-0.1, -0.05) is 67.3 Å². The molecule has 0 amide bonds. The number of benzene rings is 2. The second-order valence-corrected chi connectivity index (χ2v) is 6.02. The fourth-order valence-electron chi connectivity index (χ4n) is 1.95. The standard InChI is InChI=1S/C13H16O.C12H14O/c1-4-12-5-7-13(8-6-12)14-10-9-11(2)3;1-3-5-10-13-12-8-6-11(4-2)7-9-12/h4-9H,1,10H2,2-3H3;3-9H,2,10H2,1H3/b;5-3+. The van der Waals surface area contributed by atoms with Crippen LogP contribution in [-0.2, 0) is 0 Å². The zero-order valence-electron chi connectivity index (χ0n) is 16.7. The summed E-state index contributed by atoms with van der Waals surface area (Å²) in [7, 11) is 0. The van der Waals surface area contributed by atoms with Crippen LogP contribution >= 0.6 is 0 Å². The molecule has 0 aromatic heterocycles. The lowest BCUT2D eigenvalue weighted by Crippen LogP contribution is -1.93. The van der Waals surface area contributed by atoms with E-state index in [1.807, 2.05) is 79.8 Å². The molecule has 0 atom stereocenters. The normalized spacial score (nSPS) is 9.74. The van der Waals surface area contributed by atoms with Gasteiger partial charge in [0.1, 0.15) is 24.7 Å². The Morgan fingerprint density at radius 3 is 1.59 bits per heavy atom. The van der Waals surface area contributed by atoms with Crippen molar-refractivity contribution in [3.8, 4) is 11.5 Å². The molecule has 0 N–H and O–H groups in total. The molecular weight excluding hydrogens is 332 g/mol. The van der Waals surface area contributed by atoms with Crippen LogP contribution in [0.2, 0.25) is 0 Å². The van der Waals surface area contributed by atoms with Crippen molar-refractivity contribution in [2.75, 3.05) is 13.2 Å². The SMILES string of the molecule is C=Cc1ccc(OC/C=C/C)cc1.C=Cc1ccc(OCC=C(C)C)cc1. The molecule has 0 aliphatic rings. The van der Waals surface area contributed by atoms with E-state index in [-0.39, 0.29) is 0 Å². The third-order valence-electron chi connectivity index (χ3n) is 3.56. The Kier molecular flexibility index (Phi) is 10.8. The minimum absolute atomic E-state index is 0.629. The third kappa shape index (κ3) is 9.91. The molecule has 0 heterocycles. The predicted octanol–water partition coefficient (Wildman–Crippen LogP) is 6.96. The van der Waals surface area contributed by atoms with Crippen molar-refractivity contribution in [3.63, 3.8) is 0 Å². The molecule has 0 saturated carbocycles. The molecule has 2 nitrogen and oxygen atoms in total. The minimum atomic E-state index is 0.629. The number of ether oxygens (including phenoxy) is 2. The van der Waals surface area contributed by atoms with Crippen molar-refractivity contribution < 1.29 is 9.47 Å². The Balaban J connectivity index is 0.000000271. The third-order valence-corrected chi connectivity index (χ3v) is 3.56. The van der Waals surface area contributed by atoms with Crippen molar-refractivity contribution in [3.05, 3.63) is 96.6 Å². The van der Waals surface area contributed by atoms with E-state index in [9.17, 15) is 0 Å². The summed E-state index contributed by atoms with van der Waals surface area (Å²) in [6, 6.07) is 15.7. The molecule has 2 heteroatoms. The van der Waals surface area contributed by atoms with Crippen molar-refractivity contribution in [1.29, 1.82) is 0 Å². The smallest absolute Gasteiger partial charge is 0.119 e. The molecule has 2 aromatic rings. The van der Waals surface area contributed by atoms with Crippen molar-refractivity contribution in [2.24, 2.45) is 0 Å². The molecule has 2 rings (SSSR count). The van der Waals surface area contributed by atoms with Gasteiger partial charge in [-0.05, 0) is 62.2 Å². The molecule has 0 aliphatic carbocycles. The predicted molar refractivity (Wildman–Crippen MR) is 118 cm³/mol. The fraction of sp³-hybridized carbons (Fsp3) is 0.200. The van der Waals surface area contributed by atoms with Gasteiger partial charge in [0.15, 0.2) is 0 Å². The van der Waals surface area contributed by atoms with E-state index in [1.165, 1.54) is 5.57 Å². The maximum absolute atomic E-state index is 5.51. The first-order chi connectivity index (χ1) is 13.1. The largest absolute Gasteiger partial charge is 0.490 e. The average Bonchev–Trinajstić information content (AvgIpc) is 2.69. The van der Waals surface area contributed by atoms with Crippen molar-refractivity contribution in [1.82, 2.24) is 0 Å². The van der Waals surface area contributed by atoms with Crippen molar-refractivity contribution >= 4 is 12.2 Å². The molecule has 142 valence electrons. The van der Waals surface area contributed by atoms with Crippen LogP contribution in [0.4, 0.5) is 0 Å². The summed E-state index contributed by atoms with van der Waals surface area (Å²) >= 11 is 0. The first-order valence-electron chi connectivity index (χ1n) is 9.04. The molecule has 0 bridgehead atoms. The van der Waals surface area contributed by atoms with Gasteiger partial charge < -0.3 is 9.47 Å². The van der Waals surface area contributed by atoms with Gasteiger partial charge >= 0.3 is 0 Å². The summed E-state index contributed by atoms with van der Waals surface area (Å²) in [5.41, 5.74) is 3.49. The maximum atomic E-state index is 5.51. The topological polar surface area (TPSA) is 18.5 Å². The molecule has 0 aliphatic heterocycles. The Hall–Kier alpha value is -3.00. The molecule has 0 spiro atoms. The number of allylic oxidation sites excluding steroid dienone is 2. The summed E-state index contributed by atoms with van der Waals surface area (Å²) in [6.07, 6.45) is 9.64. The second-order valence-electron chi connectivity index (χ2n) is 6.02. The Morgan fingerprint density at radius 2 is 1.22 bits per heavy atom. The van der Waals surface area contributed by atoms with Gasteiger partial charge in [-0.3, -0.25) is 0 Å². The van der Waals surface area contributed by atoms with Crippen molar-refractivity contribution in [2.45, 2.75) is 20.8 Å². The van der Waals surface area contributed by atoms with Gasteiger partial charge in [0.25, 0.3) is 0 Å². The van der Waals surface area contributed by atoms with Crippen LogP contribution in [0, 0.1) is 0 Å². The molecule has 0 saturated heterocycles. The van der Waals surface area contributed by atoms with Gasteiger partial charge in [0, 0.05) is 0 Å². The average molecular weight is 363 g/mol. The number of rotatable bonds is 8. The zero-order valence-corrected chi connectivity index (χ0v) is 16.7. The van der Waals surface area contributed by atoms with Crippen LogP contribution in [-0.4, -0.2) is 13.2 Å². The van der Waals surface area contributed by atoms with E-state index in [0.29, 0.717) is 13.2 Å². The van der Waals surface area contributed by atoms with E-state index in [4.69, 9.17) is 9.47 Å². The van der Waals surface area contributed by atoms with E-state index in [2.05, 4.69) is 33.1 Å². The number of hydrogen-bond acceptors (Lipinski definition) is 2. The lowest BCUT2D eigenvalue weighted by Gasteiger charge is -2.03. The van der Waals surface area contributed by atoms with Crippen LogP contribution in [0.5, 0.6) is 11.5 Å². The summed E-state index contributed by atoms with van der Waals surface area (Å²) in [5, 5.41) is 0. The molecule has 0 radical (unpaired) electrons. The van der Waals surface area contributed by atoms with Gasteiger partial charge in [-0.2, -0.15) is 0 Å². The van der Waals surface area contributed by atoms with Crippen LogP contribution < -0.4 is 9.47 Å². The molecule has 0 unspecified atom stereocenters. The van der Waals surface area contributed by atoms with Crippen LogP contribution in [0.15, 0.2) is 85.5 Å². The number of hydrogen-bond donors (Lipinski definition) is 0. The summed E-state index contributed by atoms with van der Waals surface area (Å²) in [5.74, 6) is 1.79. The monoisotopic (exact) mass is 362 g/mol. The fourth-order valence-corrected chi connectivity index (χ4v) is 1.95. The quantitative estimate of drug-likeness (QED) is 0.473. The zero-order chi connectivity index (χ0) is 19.9. The first kappa shape index (κ1) is 22.0. The lowest BCUT2D eigenvalue weighted by molar-refractivity contribution is 0.362. The molecule has 0 fully saturated rings. The highest BCUT2D eigenvalue weighted by atomic mass is 16.5. The van der Waals surface area contributed by atoms with Crippen LogP contribution in [0.25, 0.3) is 12.2 Å². The Labute approximate surface area is 164 Å². The van der Waals surface area contributed by atoms with Gasteiger partial charge in [-0.15, -0.1) is 0 Å². The lowest BCUT2D eigenvalue weighted by atomic mass is 10.2. The van der Waals surface area contributed by atoms with E-state index < -0.39 is 0 Å².